The van der Waals surface area contributed by atoms with Gasteiger partial charge >= 0.3 is 5.97 Å². The maximum Gasteiger partial charge on any atom is 0.310 e. The zero-order valence-electron chi connectivity index (χ0n) is 5.53. The van der Waals surface area contributed by atoms with Gasteiger partial charge in [0, 0.05) is 11.5 Å². The molecule has 58 valence electrons. The normalized spacial score (nSPS) is 20.5. The molecule has 0 bridgehead atoms. The summed E-state index contributed by atoms with van der Waals surface area (Å²) in [5, 5.41) is 0. The summed E-state index contributed by atoms with van der Waals surface area (Å²) >= 11 is 0. The Labute approximate surface area is 71.6 Å². The molecular formula is C5H8O2S3. The molecule has 1 saturated heterocycles. The molecule has 0 aromatic heterocycles. The minimum Gasteiger partial charge on any atom is -0.469 e. The Morgan fingerprint density at radius 1 is 1.50 bits per heavy atom. The van der Waals surface area contributed by atoms with Crippen LogP contribution in [0.15, 0.2) is 0 Å². The SMILES string of the molecule is COC(=O)C1CSSSC1. The Balaban J connectivity index is 2.31. The molecule has 0 atom stereocenters. The van der Waals surface area contributed by atoms with Crippen LogP contribution in [-0.4, -0.2) is 24.6 Å². The fraction of sp³-hybridized carbons (Fsp3) is 0.800. The highest BCUT2D eigenvalue weighted by Gasteiger charge is 2.22. The molecule has 0 aromatic rings. The van der Waals surface area contributed by atoms with Gasteiger partial charge in [0.05, 0.1) is 13.0 Å². The largest absolute Gasteiger partial charge is 0.469 e. The topological polar surface area (TPSA) is 26.3 Å². The molecule has 0 saturated carbocycles. The zero-order chi connectivity index (χ0) is 7.40. The summed E-state index contributed by atoms with van der Waals surface area (Å²) in [6.07, 6.45) is 0. The Bertz CT molecular complexity index is 122. The average Bonchev–Trinajstić information content (AvgIpc) is 2.05. The number of carbonyl (C=O) groups excluding carboxylic acids is 1. The second kappa shape index (κ2) is 4.41. The number of hydrogen-bond donors (Lipinski definition) is 0. The van der Waals surface area contributed by atoms with Crippen molar-refractivity contribution in [3.63, 3.8) is 0 Å². The van der Waals surface area contributed by atoms with Crippen LogP contribution in [0.3, 0.4) is 0 Å². The van der Waals surface area contributed by atoms with Crippen molar-refractivity contribution in [2.75, 3.05) is 18.6 Å². The number of esters is 1. The van der Waals surface area contributed by atoms with Gasteiger partial charge in [-0.2, -0.15) is 0 Å². The molecule has 1 aliphatic heterocycles. The van der Waals surface area contributed by atoms with Crippen LogP contribution in [0, 0.1) is 5.92 Å². The molecule has 0 radical (unpaired) electrons. The first kappa shape index (κ1) is 8.62. The predicted octanol–water partition coefficient (Wildman–Crippen LogP) is 1.82. The van der Waals surface area contributed by atoms with E-state index in [0.717, 1.165) is 11.5 Å². The summed E-state index contributed by atoms with van der Waals surface area (Å²) in [6.45, 7) is 0. The molecule has 2 nitrogen and oxygen atoms in total. The van der Waals surface area contributed by atoms with Gasteiger partial charge in [0.2, 0.25) is 0 Å². The third-order valence-corrected chi connectivity index (χ3v) is 5.56. The molecule has 0 aromatic carbocycles. The maximum absolute atomic E-state index is 10.9. The van der Waals surface area contributed by atoms with Gasteiger partial charge in [0.25, 0.3) is 0 Å². The lowest BCUT2D eigenvalue weighted by Gasteiger charge is -2.16. The number of ether oxygens (including phenoxy) is 1. The van der Waals surface area contributed by atoms with E-state index >= 15 is 0 Å². The van der Waals surface area contributed by atoms with Crippen LogP contribution in [-0.2, 0) is 9.53 Å². The highest BCUT2D eigenvalue weighted by atomic mass is 33.5. The summed E-state index contributed by atoms with van der Waals surface area (Å²) in [5.74, 6) is 1.83. The van der Waals surface area contributed by atoms with E-state index in [4.69, 9.17) is 0 Å². The predicted molar refractivity (Wildman–Crippen MR) is 48.0 cm³/mol. The molecule has 0 spiro atoms. The van der Waals surface area contributed by atoms with E-state index in [1.807, 2.05) is 0 Å². The monoisotopic (exact) mass is 196 g/mol. The molecule has 10 heavy (non-hydrogen) atoms. The number of methoxy groups -OCH3 is 1. The van der Waals surface area contributed by atoms with E-state index in [1.165, 1.54) is 7.11 Å². The lowest BCUT2D eigenvalue weighted by Crippen LogP contribution is -2.21. The van der Waals surface area contributed by atoms with Crippen LogP contribution in [0.2, 0.25) is 0 Å². The molecule has 0 aliphatic carbocycles. The first-order valence-corrected chi connectivity index (χ1v) is 6.65. The molecule has 0 N–H and O–H groups in total. The summed E-state index contributed by atoms with van der Waals surface area (Å²) in [7, 11) is 6.65. The van der Waals surface area contributed by atoms with E-state index in [9.17, 15) is 4.79 Å². The van der Waals surface area contributed by atoms with Crippen LogP contribution in [0.4, 0.5) is 0 Å². The number of carbonyl (C=O) groups is 1. The van der Waals surface area contributed by atoms with Gasteiger partial charge in [0.1, 0.15) is 0 Å². The van der Waals surface area contributed by atoms with Crippen molar-refractivity contribution in [2.24, 2.45) is 5.92 Å². The average molecular weight is 196 g/mol. The van der Waals surface area contributed by atoms with Crippen LogP contribution >= 0.6 is 31.4 Å². The van der Waals surface area contributed by atoms with E-state index < -0.39 is 0 Å². The van der Waals surface area contributed by atoms with E-state index in [-0.39, 0.29) is 11.9 Å². The second-order valence-electron chi connectivity index (χ2n) is 1.86. The van der Waals surface area contributed by atoms with Gasteiger partial charge in [-0.15, -0.1) is 0 Å². The van der Waals surface area contributed by atoms with Crippen LogP contribution < -0.4 is 0 Å². The van der Waals surface area contributed by atoms with Crippen molar-refractivity contribution in [2.45, 2.75) is 0 Å². The van der Waals surface area contributed by atoms with E-state index in [2.05, 4.69) is 4.74 Å². The van der Waals surface area contributed by atoms with Gasteiger partial charge < -0.3 is 4.74 Å². The second-order valence-corrected chi connectivity index (χ2v) is 6.18. The Morgan fingerprint density at radius 2 is 2.10 bits per heavy atom. The van der Waals surface area contributed by atoms with Crippen molar-refractivity contribution >= 4 is 37.4 Å². The minimum absolute atomic E-state index is 0.0692. The summed E-state index contributed by atoms with van der Waals surface area (Å²) in [4.78, 5) is 10.9. The quantitative estimate of drug-likeness (QED) is 0.471. The van der Waals surface area contributed by atoms with Crippen LogP contribution in [0.5, 0.6) is 0 Å². The first-order valence-electron chi connectivity index (χ1n) is 2.83. The van der Waals surface area contributed by atoms with Crippen molar-refractivity contribution in [1.29, 1.82) is 0 Å². The molecular weight excluding hydrogens is 188 g/mol. The smallest absolute Gasteiger partial charge is 0.310 e. The van der Waals surface area contributed by atoms with Gasteiger partial charge in [-0.1, -0.05) is 21.6 Å². The van der Waals surface area contributed by atoms with Gasteiger partial charge in [-0.25, -0.2) is 0 Å². The highest BCUT2D eigenvalue weighted by molar-refractivity contribution is 9.09. The third-order valence-electron chi connectivity index (χ3n) is 1.17. The van der Waals surface area contributed by atoms with Gasteiger partial charge in [-0.05, 0) is 9.83 Å². The molecule has 0 amide bonds. The number of rotatable bonds is 1. The molecule has 5 heteroatoms. The lowest BCUT2D eigenvalue weighted by molar-refractivity contribution is -0.143. The molecule has 0 unspecified atom stereocenters. The fourth-order valence-electron chi connectivity index (χ4n) is 0.605. The summed E-state index contributed by atoms with van der Waals surface area (Å²) in [6, 6.07) is 0. The zero-order valence-corrected chi connectivity index (χ0v) is 7.98. The van der Waals surface area contributed by atoms with Gasteiger partial charge in [0.15, 0.2) is 0 Å². The summed E-state index contributed by atoms with van der Waals surface area (Å²) in [5.41, 5.74) is 0. The fourth-order valence-corrected chi connectivity index (χ4v) is 4.90. The standard InChI is InChI=1S/C5H8O2S3/c1-7-5(6)4-2-8-10-9-3-4/h4H,2-3H2,1H3. The van der Waals surface area contributed by atoms with Crippen molar-refractivity contribution in [1.82, 2.24) is 0 Å². The minimum atomic E-state index is -0.0692. The molecule has 1 rings (SSSR count). The maximum atomic E-state index is 10.9. The van der Waals surface area contributed by atoms with Crippen molar-refractivity contribution in [3.05, 3.63) is 0 Å². The van der Waals surface area contributed by atoms with E-state index in [1.54, 1.807) is 31.4 Å². The Morgan fingerprint density at radius 3 is 2.60 bits per heavy atom. The van der Waals surface area contributed by atoms with Crippen molar-refractivity contribution in [3.8, 4) is 0 Å². The third kappa shape index (κ3) is 2.29. The first-order chi connectivity index (χ1) is 4.84. The van der Waals surface area contributed by atoms with Crippen LogP contribution in [0.1, 0.15) is 0 Å². The molecule has 1 aliphatic rings. The number of hydrogen-bond acceptors (Lipinski definition) is 5. The molecule has 1 fully saturated rings. The van der Waals surface area contributed by atoms with Crippen LogP contribution in [0.25, 0.3) is 0 Å². The van der Waals surface area contributed by atoms with E-state index in [0.29, 0.717) is 0 Å². The Kier molecular flexibility index (Phi) is 3.80. The van der Waals surface area contributed by atoms with Crippen molar-refractivity contribution < 1.29 is 9.53 Å². The highest BCUT2D eigenvalue weighted by Crippen LogP contribution is 2.42. The Hall–Kier alpha value is 0.520. The molecule has 1 heterocycles. The lowest BCUT2D eigenvalue weighted by atomic mass is 10.2. The summed E-state index contributed by atoms with van der Waals surface area (Å²) < 4.78 is 4.61. The van der Waals surface area contributed by atoms with Gasteiger partial charge in [-0.3, -0.25) is 4.79 Å².